The normalized spacial score (nSPS) is 19.6. The molecule has 2 N–H and O–H groups in total. The third-order valence-electron chi connectivity index (χ3n) is 3.27. The van der Waals surface area contributed by atoms with E-state index in [4.69, 9.17) is 15.2 Å². The highest BCUT2D eigenvalue weighted by Gasteiger charge is 2.23. The second kappa shape index (κ2) is 5.27. The van der Waals surface area contributed by atoms with Crippen molar-refractivity contribution in [2.45, 2.75) is 6.42 Å². The minimum atomic E-state index is 0.602. The van der Waals surface area contributed by atoms with E-state index in [0.29, 0.717) is 5.92 Å². The number of benzene rings is 1. The van der Waals surface area contributed by atoms with E-state index in [9.17, 15) is 0 Å². The molecule has 2 rings (SSSR count). The van der Waals surface area contributed by atoms with Crippen LogP contribution in [0.3, 0.4) is 0 Å². The maximum absolute atomic E-state index is 6.01. The number of methoxy groups -OCH3 is 2. The van der Waals surface area contributed by atoms with E-state index < -0.39 is 0 Å². The molecule has 1 atom stereocenters. The molecule has 0 aromatic heterocycles. The SMILES string of the molecule is COCC1CCN(c2cc(OC)ccc2N)C1. The van der Waals surface area contributed by atoms with E-state index in [1.165, 1.54) is 0 Å². The number of nitrogen functional groups attached to an aromatic ring is 1. The second-order valence-corrected chi connectivity index (χ2v) is 4.48. The summed E-state index contributed by atoms with van der Waals surface area (Å²) >= 11 is 0. The molecule has 1 saturated heterocycles. The molecular weight excluding hydrogens is 216 g/mol. The Hall–Kier alpha value is -1.42. The summed E-state index contributed by atoms with van der Waals surface area (Å²) in [5.74, 6) is 1.45. The van der Waals surface area contributed by atoms with Gasteiger partial charge in [0.05, 0.1) is 25.1 Å². The van der Waals surface area contributed by atoms with Gasteiger partial charge in [-0.1, -0.05) is 0 Å². The molecule has 1 fully saturated rings. The van der Waals surface area contributed by atoms with Crippen molar-refractivity contribution in [2.24, 2.45) is 5.92 Å². The first-order valence-corrected chi connectivity index (χ1v) is 5.92. The van der Waals surface area contributed by atoms with Gasteiger partial charge in [0.15, 0.2) is 0 Å². The number of hydrogen-bond acceptors (Lipinski definition) is 4. The highest BCUT2D eigenvalue weighted by molar-refractivity contribution is 5.70. The van der Waals surface area contributed by atoms with Gasteiger partial charge in [0.1, 0.15) is 5.75 Å². The molecule has 0 spiro atoms. The van der Waals surface area contributed by atoms with Gasteiger partial charge < -0.3 is 20.1 Å². The van der Waals surface area contributed by atoms with Gasteiger partial charge >= 0.3 is 0 Å². The monoisotopic (exact) mass is 236 g/mol. The van der Waals surface area contributed by atoms with Crippen LogP contribution < -0.4 is 15.4 Å². The van der Waals surface area contributed by atoms with E-state index in [-0.39, 0.29) is 0 Å². The summed E-state index contributed by atoms with van der Waals surface area (Å²) in [4.78, 5) is 2.31. The molecule has 17 heavy (non-hydrogen) atoms. The Morgan fingerprint density at radius 3 is 2.94 bits per heavy atom. The fraction of sp³-hybridized carbons (Fsp3) is 0.538. The highest BCUT2D eigenvalue weighted by atomic mass is 16.5. The smallest absolute Gasteiger partial charge is 0.121 e. The summed E-state index contributed by atoms with van der Waals surface area (Å²) in [7, 11) is 3.43. The Morgan fingerprint density at radius 2 is 2.24 bits per heavy atom. The molecule has 1 heterocycles. The van der Waals surface area contributed by atoms with Crippen LogP contribution in [0.25, 0.3) is 0 Å². The first-order valence-electron chi connectivity index (χ1n) is 5.92. The zero-order valence-electron chi connectivity index (χ0n) is 10.5. The van der Waals surface area contributed by atoms with Gasteiger partial charge in [-0.2, -0.15) is 0 Å². The van der Waals surface area contributed by atoms with E-state index in [2.05, 4.69) is 4.90 Å². The minimum absolute atomic E-state index is 0.602. The van der Waals surface area contributed by atoms with Gasteiger partial charge in [0.25, 0.3) is 0 Å². The lowest BCUT2D eigenvalue weighted by atomic mass is 10.1. The number of nitrogens with two attached hydrogens (primary N) is 1. The zero-order chi connectivity index (χ0) is 12.3. The third kappa shape index (κ3) is 2.64. The Kier molecular flexibility index (Phi) is 3.74. The number of hydrogen-bond donors (Lipinski definition) is 1. The van der Waals surface area contributed by atoms with Gasteiger partial charge in [-0.05, 0) is 18.6 Å². The molecule has 1 aromatic carbocycles. The van der Waals surface area contributed by atoms with Crippen LogP contribution >= 0.6 is 0 Å². The minimum Gasteiger partial charge on any atom is -0.497 e. The van der Waals surface area contributed by atoms with Crippen LogP contribution in [0.4, 0.5) is 11.4 Å². The molecule has 1 aliphatic heterocycles. The first kappa shape index (κ1) is 12.0. The second-order valence-electron chi connectivity index (χ2n) is 4.48. The highest BCUT2D eigenvalue weighted by Crippen LogP contribution is 2.32. The molecule has 1 unspecified atom stereocenters. The summed E-state index contributed by atoms with van der Waals surface area (Å²) in [6.07, 6.45) is 1.16. The lowest BCUT2D eigenvalue weighted by molar-refractivity contribution is 0.161. The number of anilines is 2. The molecule has 0 amide bonds. The fourth-order valence-corrected chi connectivity index (χ4v) is 2.35. The van der Waals surface area contributed by atoms with Crippen molar-refractivity contribution in [3.8, 4) is 5.75 Å². The maximum atomic E-state index is 6.01. The molecular formula is C13H20N2O2. The fourth-order valence-electron chi connectivity index (χ4n) is 2.35. The molecule has 4 nitrogen and oxygen atoms in total. The number of nitrogens with zero attached hydrogens (tertiary/aromatic N) is 1. The molecule has 0 aliphatic carbocycles. The van der Waals surface area contributed by atoms with Crippen LogP contribution in [0.1, 0.15) is 6.42 Å². The number of ether oxygens (including phenoxy) is 2. The van der Waals surface area contributed by atoms with Crippen molar-refractivity contribution in [2.75, 3.05) is 44.5 Å². The van der Waals surface area contributed by atoms with E-state index in [0.717, 1.165) is 43.2 Å². The quantitative estimate of drug-likeness (QED) is 0.809. The van der Waals surface area contributed by atoms with Crippen molar-refractivity contribution in [1.29, 1.82) is 0 Å². The number of rotatable bonds is 4. The Morgan fingerprint density at radius 1 is 1.41 bits per heavy atom. The third-order valence-corrected chi connectivity index (χ3v) is 3.27. The predicted octanol–water partition coefficient (Wildman–Crippen LogP) is 1.75. The van der Waals surface area contributed by atoms with Gasteiger partial charge in [-0.15, -0.1) is 0 Å². The van der Waals surface area contributed by atoms with Crippen molar-refractivity contribution in [3.63, 3.8) is 0 Å². The van der Waals surface area contributed by atoms with E-state index >= 15 is 0 Å². The zero-order valence-corrected chi connectivity index (χ0v) is 10.5. The van der Waals surface area contributed by atoms with Gasteiger partial charge in [0, 0.05) is 32.2 Å². The maximum Gasteiger partial charge on any atom is 0.121 e. The summed E-state index contributed by atoms with van der Waals surface area (Å²) in [6.45, 7) is 2.86. The van der Waals surface area contributed by atoms with Crippen molar-refractivity contribution in [1.82, 2.24) is 0 Å². The average Bonchev–Trinajstić information content (AvgIpc) is 2.79. The lowest BCUT2D eigenvalue weighted by Crippen LogP contribution is -2.22. The van der Waals surface area contributed by atoms with Crippen LogP contribution in [0, 0.1) is 5.92 Å². The molecule has 0 radical (unpaired) electrons. The predicted molar refractivity (Wildman–Crippen MR) is 69.6 cm³/mol. The molecule has 4 heteroatoms. The van der Waals surface area contributed by atoms with E-state index in [1.54, 1.807) is 14.2 Å². The molecule has 1 aliphatic rings. The van der Waals surface area contributed by atoms with Gasteiger partial charge in [-0.25, -0.2) is 0 Å². The largest absolute Gasteiger partial charge is 0.497 e. The van der Waals surface area contributed by atoms with Crippen LogP contribution in [-0.2, 0) is 4.74 Å². The lowest BCUT2D eigenvalue weighted by Gasteiger charge is -2.21. The summed E-state index contributed by atoms with van der Waals surface area (Å²) in [6, 6.07) is 5.80. The summed E-state index contributed by atoms with van der Waals surface area (Å²) in [5.41, 5.74) is 7.90. The van der Waals surface area contributed by atoms with Crippen LogP contribution in [0.5, 0.6) is 5.75 Å². The van der Waals surface area contributed by atoms with Gasteiger partial charge in [-0.3, -0.25) is 0 Å². The Bertz CT molecular complexity index is 382. The molecule has 1 aromatic rings. The van der Waals surface area contributed by atoms with Crippen molar-refractivity contribution >= 4 is 11.4 Å². The topological polar surface area (TPSA) is 47.7 Å². The van der Waals surface area contributed by atoms with Crippen molar-refractivity contribution in [3.05, 3.63) is 18.2 Å². The van der Waals surface area contributed by atoms with E-state index in [1.807, 2.05) is 18.2 Å². The summed E-state index contributed by atoms with van der Waals surface area (Å²) < 4.78 is 10.4. The Balaban J connectivity index is 2.12. The molecule has 0 bridgehead atoms. The Labute approximate surface area is 102 Å². The van der Waals surface area contributed by atoms with Gasteiger partial charge in [0.2, 0.25) is 0 Å². The average molecular weight is 236 g/mol. The molecule has 0 saturated carbocycles. The molecule has 94 valence electrons. The van der Waals surface area contributed by atoms with Crippen molar-refractivity contribution < 1.29 is 9.47 Å². The van der Waals surface area contributed by atoms with Crippen LogP contribution in [0.2, 0.25) is 0 Å². The standard InChI is InChI=1S/C13H20N2O2/c1-16-9-10-5-6-15(8-10)13-7-11(17-2)3-4-12(13)14/h3-4,7,10H,5-6,8-9,14H2,1-2H3. The summed E-state index contributed by atoms with van der Waals surface area (Å²) in [5, 5.41) is 0. The van der Waals surface area contributed by atoms with Crippen LogP contribution in [-0.4, -0.2) is 33.9 Å². The first-order chi connectivity index (χ1) is 8.24. The van der Waals surface area contributed by atoms with Crippen LogP contribution in [0.15, 0.2) is 18.2 Å².